The molecule has 0 aliphatic heterocycles. The molecule has 124 valence electrons. The van der Waals surface area contributed by atoms with E-state index in [9.17, 15) is 9.90 Å². The van der Waals surface area contributed by atoms with Gasteiger partial charge < -0.3 is 10.4 Å². The molecular formula is C18H30N2O2. The van der Waals surface area contributed by atoms with E-state index in [2.05, 4.69) is 19.2 Å². The summed E-state index contributed by atoms with van der Waals surface area (Å²) in [7, 11) is 0. The van der Waals surface area contributed by atoms with E-state index in [0.29, 0.717) is 19.0 Å². The summed E-state index contributed by atoms with van der Waals surface area (Å²) in [5.74, 6) is 0.405. The second-order valence-corrected chi connectivity index (χ2v) is 7.04. The molecule has 1 aromatic rings. The average Bonchev–Trinajstić information content (AvgIpc) is 2.37. The Kier molecular flexibility index (Phi) is 7.04. The van der Waals surface area contributed by atoms with Crippen molar-refractivity contribution in [2.45, 2.75) is 52.8 Å². The van der Waals surface area contributed by atoms with Crippen LogP contribution < -0.4 is 5.32 Å². The SMILES string of the molecule is CC(C)C(C)NC(=O)CN(Cc1ccccc1)CC(C)(C)O. The zero-order valence-corrected chi connectivity index (χ0v) is 14.5. The van der Waals surface area contributed by atoms with E-state index in [0.717, 1.165) is 5.56 Å². The molecule has 0 bridgehead atoms. The van der Waals surface area contributed by atoms with Gasteiger partial charge in [-0.1, -0.05) is 44.2 Å². The Hall–Kier alpha value is -1.39. The van der Waals surface area contributed by atoms with Crippen molar-refractivity contribution in [3.63, 3.8) is 0 Å². The maximum atomic E-state index is 12.2. The minimum absolute atomic E-state index is 0.00128. The lowest BCUT2D eigenvalue weighted by Crippen LogP contribution is -2.46. The minimum atomic E-state index is -0.835. The fourth-order valence-corrected chi connectivity index (χ4v) is 2.23. The molecular weight excluding hydrogens is 276 g/mol. The second-order valence-electron chi connectivity index (χ2n) is 7.04. The van der Waals surface area contributed by atoms with E-state index in [1.165, 1.54) is 0 Å². The molecule has 1 rings (SSSR count). The first-order chi connectivity index (χ1) is 10.2. The van der Waals surface area contributed by atoms with Gasteiger partial charge in [0.25, 0.3) is 0 Å². The number of carbonyl (C=O) groups excluding carboxylic acids is 1. The van der Waals surface area contributed by atoms with Crippen LogP contribution in [-0.2, 0) is 11.3 Å². The van der Waals surface area contributed by atoms with E-state index in [1.54, 1.807) is 13.8 Å². The van der Waals surface area contributed by atoms with Crippen LogP contribution in [0.25, 0.3) is 0 Å². The van der Waals surface area contributed by atoms with E-state index < -0.39 is 5.60 Å². The third-order valence-corrected chi connectivity index (χ3v) is 3.62. The van der Waals surface area contributed by atoms with Gasteiger partial charge in [-0.25, -0.2) is 0 Å². The monoisotopic (exact) mass is 306 g/mol. The second kappa shape index (κ2) is 8.30. The number of hydrogen-bond acceptors (Lipinski definition) is 3. The maximum Gasteiger partial charge on any atom is 0.234 e. The first-order valence-corrected chi connectivity index (χ1v) is 7.95. The zero-order valence-electron chi connectivity index (χ0n) is 14.5. The molecule has 0 aliphatic carbocycles. The van der Waals surface area contributed by atoms with Crippen molar-refractivity contribution >= 4 is 5.91 Å². The van der Waals surface area contributed by atoms with Crippen molar-refractivity contribution in [2.75, 3.05) is 13.1 Å². The summed E-state index contributed by atoms with van der Waals surface area (Å²) in [5, 5.41) is 13.1. The van der Waals surface area contributed by atoms with Gasteiger partial charge in [0.1, 0.15) is 0 Å². The van der Waals surface area contributed by atoms with Crippen molar-refractivity contribution < 1.29 is 9.90 Å². The van der Waals surface area contributed by atoms with Crippen molar-refractivity contribution in [3.8, 4) is 0 Å². The highest BCUT2D eigenvalue weighted by atomic mass is 16.3. The van der Waals surface area contributed by atoms with Gasteiger partial charge in [0, 0.05) is 19.1 Å². The zero-order chi connectivity index (χ0) is 16.8. The fraction of sp³-hybridized carbons (Fsp3) is 0.611. The number of aliphatic hydroxyl groups is 1. The van der Waals surface area contributed by atoms with E-state index in [4.69, 9.17) is 0 Å². The molecule has 0 saturated carbocycles. The molecule has 0 radical (unpaired) electrons. The fourth-order valence-electron chi connectivity index (χ4n) is 2.23. The van der Waals surface area contributed by atoms with Crippen LogP contribution in [0.1, 0.15) is 40.2 Å². The topological polar surface area (TPSA) is 52.6 Å². The van der Waals surface area contributed by atoms with Gasteiger partial charge in [-0.3, -0.25) is 9.69 Å². The molecule has 0 heterocycles. The summed E-state index contributed by atoms with van der Waals surface area (Å²) in [4.78, 5) is 14.2. The van der Waals surface area contributed by atoms with E-state index >= 15 is 0 Å². The summed E-state index contributed by atoms with van der Waals surface area (Å²) in [6.45, 7) is 11.1. The summed E-state index contributed by atoms with van der Waals surface area (Å²) < 4.78 is 0. The molecule has 4 nitrogen and oxygen atoms in total. The highest BCUT2D eigenvalue weighted by Gasteiger charge is 2.21. The Balaban J connectivity index is 2.68. The van der Waals surface area contributed by atoms with Gasteiger partial charge in [-0.15, -0.1) is 0 Å². The van der Waals surface area contributed by atoms with Gasteiger partial charge in [0.2, 0.25) is 5.91 Å². The minimum Gasteiger partial charge on any atom is -0.389 e. The summed E-state index contributed by atoms with van der Waals surface area (Å²) in [6, 6.07) is 10.2. The summed E-state index contributed by atoms with van der Waals surface area (Å²) >= 11 is 0. The number of amides is 1. The molecule has 22 heavy (non-hydrogen) atoms. The van der Waals surface area contributed by atoms with Crippen LogP contribution in [0.2, 0.25) is 0 Å². The van der Waals surface area contributed by atoms with E-state index in [1.807, 2.05) is 42.2 Å². The van der Waals surface area contributed by atoms with E-state index in [-0.39, 0.29) is 18.5 Å². The van der Waals surface area contributed by atoms with Gasteiger partial charge in [0.05, 0.1) is 12.1 Å². The number of hydrogen-bond donors (Lipinski definition) is 2. The first-order valence-electron chi connectivity index (χ1n) is 7.95. The van der Waals surface area contributed by atoms with Crippen molar-refractivity contribution in [1.82, 2.24) is 10.2 Å². The number of nitrogens with zero attached hydrogens (tertiary/aromatic N) is 1. The highest BCUT2D eigenvalue weighted by Crippen LogP contribution is 2.10. The van der Waals surface area contributed by atoms with Gasteiger partial charge in [-0.2, -0.15) is 0 Å². The van der Waals surface area contributed by atoms with Crippen LogP contribution in [0.5, 0.6) is 0 Å². The Labute approximate surface area is 134 Å². The van der Waals surface area contributed by atoms with Gasteiger partial charge in [0.15, 0.2) is 0 Å². The standard InChI is InChI=1S/C18H30N2O2/c1-14(2)15(3)19-17(21)12-20(13-18(4,5)22)11-16-9-7-6-8-10-16/h6-10,14-15,22H,11-13H2,1-5H3,(H,19,21). The molecule has 0 spiro atoms. The quantitative estimate of drug-likeness (QED) is 0.775. The van der Waals surface area contributed by atoms with Crippen LogP contribution in [-0.4, -0.2) is 40.6 Å². The molecule has 1 atom stereocenters. The van der Waals surface area contributed by atoms with Gasteiger partial charge >= 0.3 is 0 Å². The Bertz CT molecular complexity index is 452. The summed E-state index contributed by atoms with van der Waals surface area (Å²) in [5.41, 5.74) is 0.301. The number of carbonyl (C=O) groups is 1. The van der Waals surface area contributed by atoms with Gasteiger partial charge in [-0.05, 0) is 32.3 Å². The molecule has 0 fully saturated rings. The Morgan fingerprint density at radius 3 is 2.32 bits per heavy atom. The molecule has 0 aromatic heterocycles. The molecule has 1 amide bonds. The molecule has 1 aromatic carbocycles. The van der Waals surface area contributed by atoms with Crippen LogP contribution in [0.15, 0.2) is 30.3 Å². The first kappa shape index (κ1) is 18.7. The van der Waals surface area contributed by atoms with Crippen LogP contribution in [0.4, 0.5) is 0 Å². The Morgan fingerprint density at radius 2 is 1.82 bits per heavy atom. The molecule has 4 heteroatoms. The predicted octanol–water partition coefficient (Wildman–Crippen LogP) is 2.42. The van der Waals surface area contributed by atoms with Crippen LogP contribution >= 0.6 is 0 Å². The molecule has 1 unspecified atom stereocenters. The Morgan fingerprint density at radius 1 is 1.23 bits per heavy atom. The third kappa shape index (κ3) is 7.57. The van der Waals surface area contributed by atoms with Crippen molar-refractivity contribution in [2.24, 2.45) is 5.92 Å². The lowest BCUT2D eigenvalue weighted by molar-refractivity contribution is -0.123. The normalized spacial score (nSPS) is 13.5. The number of rotatable bonds is 8. The highest BCUT2D eigenvalue weighted by molar-refractivity contribution is 5.78. The molecule has 0 saturated heterocycles. The molecule has 0 aliphatic rings. The van der Waals surface area contributed by atoms with Crippen molar-refractivity contribution in [1.29, 1.82) is 0 Å². The van der Waals surface area contributed by atoms with Crippen LogP contribution in [0, 0.1) is 5.92 Å². The largest absolute Gasteiger partial charge is 0.389 e. The van der Waals surface area contributed by atoms with Crippen LogP contribution in [0.3, 0.4) is 0 Å². The van der Waals surface area contributed by atoms with Crippen molar-refractivity contribution in [3.05, 3.63) is 35.9 Å². The third-order valence-electron chi connectivity index (χ3n) is 3.62. The molecule has 2 N–H and O–H groups in total. The maximum absolute atomic E-state index is 12.2. The lowest BCUT2D eigenvalue weighted by atomic mass is 10.1. The summed E-state index contributed by atoms with van der Waals surface area (Å²) in [6.07, 6.45) is 0. The number of nitrogens with one attached hydrogen (secondary N) is 1. The smallest absolute Gasteiger partial charge is 0.234 e. The number of benzene rings is 1. The average molecular weight is 306 g/mol. The lowest BCUT2D eigenvalue weighted by Gasteiger charge is -2.29. The predicted molar refractivity (Wildman–Crippen MR) is 90.5 cm³/mol.